The molecule has 2 N–H and O–H groups in total. The van der Waals surface area contributed by atoms with Gasteiger partial charge in [-0.05, 0) is 0 Å². The summed E-state index contributed by atoms with van der Waals surface area (Å²) in [7, 11) is 3.21. The minimum atomic E-state index is -0.241. The van der Waals surface area contributed by atoms with Crippen molar-refractivity contribution in [2.45, 2.75) is 6.92 Å². The van der Waals surface area contributed by atoms with Crippen molar-refractivity contribution in [1.82, 2.24) is 9.97 Å². The fourth-order valence-corrected chi connectivity index (χ4v) is 1.31. The summed E-state index contributed by atoms with van der Waals surface area (Å²) >= 11 is 0. The summed E-state index contributed by atoms with van der Waals surface area (Å²) in [5.41, 5.74) is 5.43. The number of carbonyl (C=O) groups is 1. The highest BCUT2D eigenvalue weighted by Gasteiger charge is 2.16. The molecule has 0 radical (unpaired) electrons. The van der Waals surface area contributed by atoms with Gasteiger partial charge in [-0.2, -0.15) is 0 Å². The third-order valence-electron chi connectivity index (χ3n) is 2.20. The zero-order valence-corrected chi connectivity index (χ0v) is 9.67. The average Bonchev–Trinajstić information content (AvgIpc) is 2.28. The number of aromatic nitrogens is 2. The molecule has 1 heterocycles. The second-order valence-corrected chi connectivity index (χ2v) is 3.60. The molecule has 1 rings (SSSR count). The molecule has 0 aliphatic carbocycles. The van der Waals surface area contributed by atoms with Crippen LogP contribution >= 0.6 is 0 Å². The number of rotatable bonds is 4. The Kier molecular flexibility index (Phi) is 4.04. The highest BCUT2D eigenvalue weighted by Crippen LogP contribution is 2.10. The van der Waals surface area contributed by atoms with E-state index in [0.717, 1.165) is 0 Å². The van der Waals surface area contributed by atoms with E-state index in [0.29, 0.717) is 18.2 Å². The third kappa shape index (κ3) is 3.08. The first-order chi connectivity index (χ1) is 7.54. The number of nitrogens with two attached hydrogens (primary N) is 1. The van der Waals surface area contributed by atoms with Gasteiger partial charge in [-0.25, -0.2) is 9.97 Å². The van der Waals surface area contributed by atoms with Gasteiger partial charge in [0.2, 0.25) is 0 Å². The van der Waals surface area contributed by atoms with Gasteiger partial charge in [0.15, 0.2) is 0 Å². The predicted molar refractivity (Wildman–Crippen MR) is 60.9 cm³/mol. The van der Waals surface area contributed by atoms with Gasteiger partial charge in [-0.1, -0.05) is 6.92 Å². The van der Waals surface area contributed by atoms with E-state index in [-0.39, 0.29) is 11.9 Å². The van der Waals surface area contributed by atoms with Gasteiger partial charge in [-0.3, -0.25) is 4.79 Å². The van der Waals surface area contributed by atoms with Gasteiger partial charge in [0.05, 0.1) is 25.4 Å². The molecule has 0 saturated heterocycles. The van der Waals surface area contributed by atoms with Crippen molar-refractivity contribution in [3.8, 4) is 0 Å². The Morgan fingerprint density at radius 2 is 2.25 bits per heavy atom. The third-order valence-corrected chi connectivity index (χ3v) is 2.20. The molecule has 0 fully saturated rings. The summed E-state index contributed by atoms with van der Waals surface area (Å²) in [6.45, 7) is 2.32. The highest BCUT2D eigenvalue weighted by molar-refractivity contribution is 5.72. The van der Waals surface area contributed by atoms with Gasteiger partial charge in [0.1, 0.15) is 11.6 Å². The first kappa shape index (κ1) is 12.2. The van der Waals surface area contributed by atoms with E-state index < -0.39 is 0 Å². The molecule has 0 aliphatic rings. The van der Waals surface area contributed by atoms with Crippen LogP contribution in [0, 0.1) is 5.92 Å². The topological polar surface area (TPSA) is 81.3 Å². The van der Waals surface area contributed by atoms with Crippen molar-refractivity contribution in [3.05, 3.63) is 12.4 Å². The van der Waals surface area contributed by atoms with E-state index in [1.54, 1.807) is 13.1 Å². The van der Waals surface area contributed by atoms with Crippen LogP contribution in [0.1, 0.15) is 6.92 Å². The molecule has 0 saturated carbocycles. The van der Waals surface area contributed by atoms with E-state index >= 15 is 0 Å². The Labute approximate surface area is 94.4 Å². The predicted octanol–water partition coefficient (Wildman–Crippen LogP) is 0.304. The van der Waals surface area contributed by atoms with Gasteiger partial charge in [-0.15, -0.1) is 0 Å². The fourth-order valence-electron chi connectivity index (χ4n) is 1.31. The zero-order valence-electron chi connectivity index (χ0n) is 9.67. The maximum absolute atomic E-state index is 11.2. The molecule has 0 bridgehead atoms. The normalized spacial score (nSPS) is 11.9. The first-order valence-corrected chi connectivity index (χ1v) is 4.91. The maximum atomic E-state index is 11.2. The largest absolute Gasteiger partial charge is 0.469 e. The van der Waals surface area contributed by atoms with Crippen LogP contribution in [-0.2, 0) is 9.53 Å². The summed E-state index contributed by atoms with van der Waals surface area (Å²) in [5.74, 6) is 0.590. The number of anilines is 2. The number of hydrogen-bond donors (Lipinski definition) is 1. The lowest BCUT2D eigenvalue weighted by Crippen LogP contribution is -2.29. The van der Waals surface area contributed by atoms with Crippen LogP contribution in [0.15, 0.2) is 12.4 Å². The molecule has 0 aromatic carbocycles. The molecule has 0 amide bonds. The van der Waals surface area contributed by atoms with Gasteiger partial charge in [0.25, 0.3) is 0 Å². The molecule has 1 unspecified atom stereocenters. The smallest absolute Gasteiger partial charge is 0.310 e. The molecule has 1 aromatic rings. The number of nitrogen functional groups attached to an aromatic ring is 1. The van der Waals surface area contributed by atoms with Crippen LogP contribution in [-0.4, -0.2) is 36.6 Å². The van der Waals surface area contributed by atoms with E-state index in [1.807, 2.05) is 11.9 Å². The van der Waals surface area contributed by atoms with Crippen LogP contribution in [0.3, 0.4) is 0 Å². The number of carbonyl (C=O) groups excluding carboxylic acids is 1. The molecule has 0 aliphatic heterocycles. The summed E-state index contributed by atoms with van der Waals surface area (Å²) in [6.07, 6.45) is 3.05. The molecule has 6 heteroatoms. The fraction of sp³-hybridized carbons (Fsp3) is 0.500. The van der Waals surface area contributed by atoms with Crippen molar-refractivity contribution in [3.63, 3.8) is 0 Å². The quantitative estimate of drug-likeness (QED) is 0.741. The van der Waals surface area contributed by atoms with Crippen molar-refractivity contribution in [1.29, 1.82) is 0 Å². The molecular formula is C10H16N4O2. The van der Waals surface area contributed by atoms with Crippen molar-refractivity contribution >= 4 is 17.6 Å². The summed E-state index contributed by atoms with van der Waals surface area (Å²) in [5, 5.41) is 0. The van der Waals surface area contributed by atoms with Crippen LogP contribution < -0.4 is 10.6 Å². The Bertz CT molecular complexity index is 352. The number of hydrogen-bond acceptors (Lipinski definition) is 6. The highest BCUT2D eigenvalue weighted by atomic mass is 16.5. The molecule has 6 nitrogen and oxygen atoms in total. The number of methoxy groups -OCH3 is 1. The van der Waals surface area contributed by atoms with Gasteiger partial charge >= 0.3 is 5.97 Å². The zero-order chi connectivity index (χ0) is 12.1. The lowest BCUT2D eigenvalue weighted by Gasteiger charge is -2.20. The van der Waals surface area contributed by atoms with E-state index in [4.69, 9.17) is 5.73 Å². The van der Waals surface area contributed by atoms with Crippen LogP contribution in [0.5, 0.6) is 0 Å². The number of esters is 1. The van der Waals surface area contributed by atoms with Crippen molar-refractivity contribution < 1.29 is 9.53 Å². The minimum Gasteiger partial charge on any atom is -0.469 e. The van der Waals surface area contributed by atoms with Crippen LogP contribution in [0.25, 0.3) is 0 Å². The minimum absolute atomic E-state index is 0.214. The standard InChI is InChI=1S/C10H16N4O2/c1-7(10(15)16-3)6-14(2)9-5-12-8(11)4-13-9/h4-5,7H,6H2,1-3H3,(H2,11,12). The Morgan fingerprint density at radius 3 is 2.75 bits per heavy atom. The molecule has 1 atom stereocenters. The maximum Gasteiger partial charge on any atom is 0.310 e. The Hall–Kier alpha value is -1.85. The van der Waals surface area contributed by atoms with Crippen molar-refractivity contribution in [2.75, 3.05) is 31.3 Å². The summed E-state index contributed by atoms with van der Waals surface area (Å²) in [4.78, 5) is 21.1. The van der Waals surface area contributed by atoms with E-state index in [1.165, 1.54) is 13.3 Å². The Morgan fingerprint density at radius 1 is 1.56 bits per heavy atom. The molecular weight excluding hydrogens is 208 g/mol. The van der Waals surface area contributed by atoms with Gasteiger partial charge < -0.3 is 15.4 Å². The summed E-state index contributed by atoms with van der Waals surface area (Å²) in [6, 6.07) is 0. The van der Waals surface area contributed by atoms with Crippen molar-refractivity contribution in [2.24, 2.45) is 5.92 Å². The molecule has 0 spiro atoms. The number of ether oxygens (including phenoxy) is 1. The monoisotopic (exact) mass is 224 g/mol. The molecule has 1 aromatic heterocycles. The SMILES string of the molecule is COC(=O)C(C)CN(C)c1cnc(N)cn1. The second kappa shape index (κ2) is 5.29. The molecule has 88 valence electrons. The van der Waals surface area contributed by atoms with Crippen LogP contribution in [0.2, 0.25) is 0 Å². The Balaban J connectivity index is 2.61. The van der Waals surface area contributed by atoms with E-state index in [9.17, 15) is 4.79 Å². The van der Waals surface area contributed by atoms with Gasteiger partial charge in [0, 0.05) is 13.6 Å². The van der Waals surface area contributed by atoms with Crippen LogP contribution in [0.4, 0.5) is 11.6 Å². The average molecular weight is 224 g/mol. The van der Waals surface area contributed by atoms with E-state index in [2.05, 4.69) is 14.7 Å². The lowest BCUT2D eigenvalue weighted by atomic mass is 10.2. The second-order valence-electron chi connectivity index (χ2n) is 3.60. The number of nitrogens with zero attached hydrogens (tertiary/aromatic N) is 3. The molecule has 16 heavy (non-hydrogen) atoms. The lowest BCUT2D eigenvalue weighted by molar-refractivity contribution is -0.144. The first-order valence-electron chi connectivity index (χ1n) is 4.91. The summed E-state index contributed by atoms with van der Waals surface area (Å²) < 4.78 is 4.65.